The maximum absolute atomic E-state index is 12.5. The quantitative estimate of drug-likeness (QED) is 0.487. The molecule has 0 radical (unpaired) electrons. The molecule has 0 atom stereocenters. The molecule has 0 saturated carbocycles. The minimum absolute atomic E-state index is 0.379. The third-order valence-corrected chi connectivity index (χ3v) is 3.25. The number of hydrogen-bond donors (Lipinski definition) is 0. The molecule has 0 aromatic heterocycles. The molecule has 0 aliphatic heterocycles. The van der Waals surface area contributed by atoms with Crippen molar-refractivity contribution in [3.05, 3.63) is 28.8 Å². The predicted octanol–water partition coefficient (Wildman–Crippen LogP) is 2.67. The highest BCUT2D eigenvalue weighted by Gasteiger charge is 2.41. The molecule has 1 aromatic rings. The summed E-state index contributed by atoms with van der Waals surface area (Å²) in [5.74, 6) is 0. The molecule has 0 heterocycles. The first-order valence-corrected chi connectivity index (χ1v) is 5.61. The Bertz CT molecular complexity index is 328. The lowest BCUT2D eigenvalue weighted by atomic mass is 10.1. The van der Waals surface area contributed by atoms with Crippen LogP contribution in [0.4, 0.5) is 12.3 Å². The van der Waals surface area contributed by atoms with Gasteiger partial charge in [-0.05, 0) is 31.9 Å². The maximum atomic E-state index is 12.5. The predicted molar refractivity (Wildman–Crippen MR) is 49.4 cm³/mol. The smallest absolute Gasteiger partial charge is 0.234 e. The van der Waals surface area contributed by atoms with Gasteiger partial charge in [0.1, 0.15) is 0 Å². The molecule has 0 bridgehead atoms. The molecule has 0 N–H and O–H groups in total. The van der Waals surface area contributed by atoms with Crippen LogP contribution in [0, 0.1) is 20.8 Å². The second-order valence-corrected chi connectivity index (χ2v) is 4.79. The zero-order chi connectivity index (χ0) is 10.2. The molecule has 0 amide bonds. The summed E-state index contributed by atoms with van der Waals surface area (Å²) >= 11 is 0. The molecule has 1 aromatic carbocycles. The Balaban J connectivity index is 3.37. The highest BCUT2D eigenvalue weighted by molar-refractivity contribution is 6.74. The lowest BCUT2D eigenvalue weighted by Gasteiger charge is -2.10. The second kappa shape index (κ2) is 3.18. The molecular formula is C9H11F3Si. The van der Waals surface area contributed by atoms with Crippen molar-refractivity contribution >= 4 is 14.3 Å². The minimum Gasteiger partial charge on any atom is -0.234 e. The van der Waals surface area contributed by atoms with Gasteiger partial charge in [0.25, 0.3) is 0 Å². The highest BCUT2D eigenvalue weighted by atomic mass is 28.5. The average molecular weight is 204 g/mol. The summed E-state index contributed by atoms with van der Waals surface area (Å²) in [7, 11) is -5.64. The van der Waals surface area contributed by atoms with Crippen LogP contribution < -0.4 is 5.19 Å². The van der Waals surface area contributed by atoms with E-state index in [0.717, 1.165) is 5.56 Å². The lowest BCUT2D eigenvalue weighted by Crippen LogP contribution is -2.36. The monoisotopic (exact) mass is 204 g/mol. The third-order valence-electron chi connectivity index (χ3n) is 2.12. The molecule has 4 heteroatoms. The van der Waals surface area contributed by atoms with E-state index in [1.807, 2.05) is 0 Å². The zero-order valence-corrected chi connectivity index (χ0v) is 8.79. The number of halogens is 3. The number of rotatable bonds is 1. The normalized spacial score (nSPS) is 11.8. The third kappa shape index (κ3) is 2.12. The van der Waals surface area contributed by atoms with E-state index in [9.17, 15) is 12.3 Å². The molecule has 0 fully saturated rings. The first-order valence-electron chi connectivity index (χ1n) is 3.97. The van der Waals surface area contributed by atoms with Crippen LogP contribution in [-0.4, -0.2) is 9.08 Å². The molecule has 0 aliphatic rings. The fourth-order valence-corrected chi connectivity index (χ4v) is 2.35. The van der Waals surface area contributed by atoms with Crippen LogP contribution in [0.1, 0.15) is 16.7 Å². The van der Waals surface area contributed by atoms with Crippen molar-refractivity contribution in [1.82, 2.24) is 0 Å². The molecule has 0 aliphatic carbocycles. The van der Waals surface area contributed by atoms with Gasteiger partial charge in [0.2, 0.25) is 0 Å². The van der Waals surface area contributed by atoms with Gasteiger partial charge in [-0.1, -0.05) is 17.7 Å². The van der Waals surface area contributed by atoms with Gasteiger partial charge in [0, 0.05) is 5.19 Å². The molecule has 72 valence electrons. The summed E-state index contributed by atoms with van der Waals surface area (Å²) in [6.45, 7) is 4.94. The summed E-state index contributed by atoms with van der Waals surface area (Å²) < 4.78 is 37.6. The summed E-state index contributed by atoms with van der Waals surface area (Å²) in [5.41, 5.74) is 1.78. The van der Waals surface area contributed by atoms with E-state index >= 15 is 0 Å². The van der Waals surface area contributed by atoms with Crippen LogP contribution >= 0.6 is 0 Å². The van der Waals surface area contributed by atoms with Gasteiger partial charge in [0.15, 0.2) is 0 Å². The summed E-state index contributed by atoms with van der Waals surface area (Å²) in [4.78, 5) is 0. The van der Waals surface area contributed by atoms with Crippen LogP contribution in [0.5, 0.6) is 0 Å². The van der Waals surface area contributed by atoms with Gasteiger partial charge in [-0.25, -0.2) is 12.3 Å². The highest BCUT2D eigenvalue weighted by Crippen LogP contribution is 2.15. The molecular weight excluding hydrogens is 193 g/mol. The van der Waals surface area contributed by atoms with E-state index in [0.29, 0.717) is 11.1 Å². The van der Waals surface area contributed by atoms with Crippen LogP contribution in [0.3, 0.4) is 0 Å². The Morgan fingerprint density at radius 3 is 2.00 bits per heavy atom. The Labute approximate surface area is 76.9 Å². The van der Waals surface area contributed by atoms with Crippen molar-refractivity contribution < 1.29 is 12.3 Å². The van der Waals surface area contributed by atoms with Gasteiger partial charge < -0.3 is 0 Å². The fourth-order valence-electron chi connectivity index (χ4n) is 1.33. The van der Waals surface area contributed by atoms with Crippen molar-refractivity contribution in [2.75, 3.05) is 0 Å². The maximum Gasteiger partial charge on any atom is 0.653 e. The van der Waals surface area contributed by atoms with E-state index in [1.54, 1.807) is 19.9 Å². The first-order chi connectivity index (χ1) is 5.82. The summed E-state index contributed by atoms with van der Waals surface area (Å²) in [6, 6.07) is 3.02. The minimum atomic E-state index is -5.64. The largest absolute Gasteiger partial charge is 0.653 e. The van der Waals surface area contributed by atoms with Crippen molar-refractivity contribution in [3.63, 3.8) is 0 Å². The summed E-state index contributed by atoms with van der Waals surface area (Å²) in [5, 5.41) is -0.384. The van der Waals surface area contributed by atoms with Gasteiger partial charge in [-0.2, -0.15) is 0 Å². The number of aryl methyl sites for hydroxylation is 2. The molecule has 0 saturated heterocycles. The Kier molecular flexibility index (Phi) is 2.52. The molecule has 1 rings (SSSR count). The van der Waals surface area contributed by atoms with Gasteiger partial charge in [-0.15, -0.1) is 0 Å². The van der Waals surface area contributed by atoms with Crippen molar-refractivity contribution in [3.8, 4) is 0 Å². The summed E-state index contributed by atoms with van der Waals surface area (Å²) in [6.07, 6.45) is 0. The van der Waals surface area contributed by atoms with E-state index in [-0.39, 0.29) is 5.19 Å². The molecule has 0 nitrogen and oxygen atoms in total. The first kappa shape index (κ1) is 10.3. The zero-order valence-electron chi connectivity index (χ0n) is 7.79. The van der Waals surface area contributed by atoms with E-state index in [4.69, 9.17) is 0 Å². The SMILES string of the molecule is Cc1cc(C)c(C)c([Si](F)(F)F)c1. The number of hydrogen-bond acceptors (Lipinski definition) is 0. The van der Waals surface area contributed by atoms with Crippen molar-refractivity contribution in [2.45, 2.75) is 20.8 Å². The second-order valence-electron chi connectivity index (χ2n) is 3.25. The van der Waals surface area contributed by atoms with Crippen molar-refractivity contribution in [1.29, 1.82) is 0 Å². The fraction of sp³-hybridized carbons (Fsp3) is 0.333. The Hall–Kier alpha value is -0.773. The Morgan fingerprint density at radius 2 is 1.54 bits per heavy atom. The van der Waals surface area contributed by atoms with Crippen LogP contribution in [0.15, 0.2) is 12.1 Å². The van der Waals surface area contributed by atoms with Crippen LogP contribution in [0.25, 0.3) is 0 Å². The van der Waals surface area contributed by atoms with Crippen LogP contribution in [0.2, 0.25) is 0 Å². The topological polar surface area (TPSA) is 0 Å². The van der Waals surface area contributed by atoms with Gasteiger partial charge in [0.05, 0.1) is 0 Å². The Morgan fingerprint density at radius 1 is 1.00 bits per heavy atom. The van der Waals surface area contributed by atoms with Gasteiger partial charge >= 0.3 is 9.08 Å². The standard InChI is InChI=1S/C9H11F3Si/c1-6-4-7(2)8(3)9(5-6)13(10,11)12/h4-5H,1-3H3. The number of benzene rings is 1. The average Bonchev–Trinajstić information content (AvgIpc) is 1.94. The molecule has 0 spiro atoms. The van der Waals surface area contributed by atoms with E-state index < -0.39 is 9.08 Å². The lowest BCUT2D eigenvalue weighted by molar-refractivity contribution is 0.500. The van der Waals surface area contributed by atoms with Gasteiger partial charge in [-0.3, -0.25) is 0 Å². The molecule has 13 heavy (non-hydrogen) atoms. The van der Waals surface area contributed by atoms with Crippen molar-refractivity contribution in [2.24, 2.45) is 0 Å². The van der Waals surface area contributed by atoms with E-state index in [1.165, 1.54) is 13.0 Å². The molecule has 0 unspecified atom stereocenters. The van der Waals surface area contributed by atoms with Crippen LogP contribution in [-0.2, 0) is 0 Å². The van der Waals surface area contributed by atoms with E-state index in [2.05, 4.69) is 0 Å².